The molecule has 15 heavy (non-hydrogen) atoms. The van der Waals surface area contributed by atoms with Crippen molar-refractivity contribution in [1.82, 2.24) is 5.48 Å². The van der Waals surface area contributed by atoms with Gasteiger partial charge in [0.05, 0.1) is 12.3 Å². The molecule has 0 bridgehead atoms. The molecule has 0 saturated heterocycles. The number of hydrogen-bond donors (Lipinski definition) is 2. The molecule has 0 amide bonds. The number of hydrogen-bond acceptors (Lipinski definition) is 4. The molecule has 0 spiro atoms. The summed E-state index contributed by atoms with van der Waals surface area (Å²) in [4.78, 5) is 3.92. The van der Waals surface area contributed by atoms with E-state index in [4.69, 9.17) is 9.94 Å². The molecule has 0 aliphatic heterocycles. The lowest BCUT2D eigenvalue weighted by Crippen LogP contribution is -2.01. The minimum absolute atomic E-state index is 0.710. The van der Waals surface area contributed by atoms with E-state index in [-0.39, 0.29) is 0 Å². The SMILES string of the molecule is CSCCOc1ccc(N=CNO)cc1. The van der Waals surface area contributed by atoms with E-state index in [2.05, 4.69) is 4.99 Å². The second-order valence-corrected chi connectivity index (χ2v) is 3.71. The van der Waals surface area contributed by atoms with Crippen molar-refractivity contribution in [2.24, 2.45) is 4.99 Å². The minimum Gasteiger partial charge on any atom is -0.493 e. The van der Waals surface area contributed by atoms with Crippen LogP contribution in [0.5, 0.6) is 5.75 Å². The van der Waals surface area contributed by atoms with E-state index in [0.29, 0.717) is 6.61 Å². The van der Waals surface area contributed by atoms with Crippen molar-refractivity contribution < 1.29 is 9.94 Å². The lowest BCUT2D eigenvalue weighted by Gasteiger charge is -2.04. The van der Waals surface area contributed by atoms with Gasteiger partial charge in [0, 0.05) is 5.75 Å². The molecule has 0 fully saturated rings. The summed E-state index contributed by atoms with van der Waals surface area (Å²) in [5.41, 5.74) is 2.61. The Labute approximate surface area is 93.3 Å². The van der Waals surface area contributed by atoms with Gasteiger partial charge in [0.1, 0.15) is 12.1 Å². The number of hydroxylamine groups is 1. The third-order valence-electron chi connectivity index (χ3n) is 1.66. The number of nitrogens with zero attached hydrogens (tertiary/aromatic N) is 1. The first-order valence-electron chi connectivity index (χ1n) is 4.51. The van der Waals surface area contributed by atoms with Crippen LogP contribution < -0.4 is 10.2 Å². The van der Waals surface area contributed by atoms with Crippen molar-refractivity contribution in [3.63, 3.8) is 0 Å². The van der Waals surface area contributed by atoms with E-state index >= 15 is 0 Å². The zero-order valence-corrected chi connectivity index (χ0v) is 9.33. The highest BCUT2D eigenvalue weighted by Gasteiger charge is 1.93. The average Bonchev–Trinajstić information content (AvgIpc) is 2.28. The number of nitrogens with one attached hydrogen (secondary N) is 1. The van der Waals surface area contributed by atoms with Gasteiger partial charge in [0.15, 0.2) is 0 Å². The number of ether oxygens (including phenoxy) is 1. The summed E-state index contributed by atoms with van der Waals surface area (Å²) in [6, 6.07) is 7.35. The van der Waals surface area contributed by atoms with Crippen molar-refractivity contribution in [3.05, 3.63) is 24.3 Å². The summed E-state index contributed by atoms with van der Waals surface area (Å²) in [7, 11) is 0. The van der Waals surface area contributed by atoms with Crippen LogP contribution in [0.4, 0.5) is 5.69 Å². The molecule has 4 nitrogen and oxygen atoms in total. The largest absolute Gasteiger partial charge is 0.493 e. The first kappa shape index (κ1) is 11.9. The Morgan fingerprint density at radius 3 is 2.80 bits per heavy atom. The standard InChI is InChI=1S/C10H14N2O2S/c1-15-7-6-14-10-4-2-9(3-5-10)11-8-12-13/h2-5,8,13H,6-7H2,1H3,(H,11,12). The van der Waals surface area contributed by atoms with Crippen LogP contribution in [-0.4, -0.2) is 30.2 Å². The highest BCUT2D eigenvalue weighted by atomic mass is 32.2. The van der Waals surface area contributed by atoms with E-state index in [9.17, 15) is 0 Å². The Morgan fingerprint density at radius 2 is 2.20 bits per heavy atom. The highest BCUT2D eigenvalue weighted by Crippen LogP contribution is 2.17. The summed E-state index contributed by atoms with van der Waals surface area (Å²) >= 11 is 1.75. The molecule has 1 rings (SSSR count). The van der Waals surface area contributed by atoms with Crippen molar-refractivity contribution in [1.29, 1.82) is 0 Å². The third-order valence-corrected chi connectivity index (χ3v) is 2.24. The van der Waals surface area contributed by atoms with Crippen LogP contribution >= 0.6 is 11.8 Å². The summed E-state index contributed by atoms with van der Waals surface area (Å²) in [6.45, 7) is 0.710. The minimum atomic E-state index is 0.710. The quantitative estimate of drug-likeness (QED) is 0.337. The van der Waals surface area contributed by atoms with Gasteiger partial charge in [-0.15, -0.1) is 0 Å². The molecule has 5 heteroatoms. The molecule has 0 radical (unpaired) electrons. The fraction of sp³-hybridized carbons (Fsp3) is 0.300. The highest BCUT2D eigenvalue weighted by molar-refractivity contribution is 7.98. The lowest BCUT2D eigenvalue weighted by molar-refractivity contribution is 0.240. The maximum Gasteiger partial charge on any atom is 0.119 e. The van der Waals surface area contributed by atoms with Crippen molar-refractivity contribution >= 4 is 23.8 Å². The Kier molecular flexibility index (Phi) is 5.65. The molecule has 0 saturated carbocycles. The fourth-order valence-corrected chi connectivity index (χ4v) is 1.22. The normalized spacial score (nSPS) is 10.5. The summed E-state index contributed by atoms with van der Waals surface area (Å²) in [5, 5.41) is 8.30. The van der Waals surface area contributed by atoms with Gasteiger partial charge in [-0.2, -0.15) is 11.8 Å². The topological polar surface area (TPSA) is 53.8 Å². The van der Waals surface area contributed by atoms with E-state index in [1.54, 1.807) is 11.8 Å². The van der Waals surface area contributed by atoms with Crippen molar-refractivity contribution in [3.8, 4) is 5.75 Å². The zero-order chi connectivity index (χ0) is 10.9. The second-order valence-electron chi connectivity index (χ2n) is 2.72. The molecule has 0 unspecified atom stereocenters. The van der Waals surface area contributed by atoms with E-state index in [1.807, 2.05) is 36.0 Å². The van der Waals surface area contributed by atoms with Gasteiger partial charge >= 0.3 is 0 Å². The number of aliphatic imine (C=N–C) groups is 1. The van der Waals surface area contributed by atoms with E-state index in [0.717, 1.165) is 17.2 Å². The first-order valence-corrected chi connectivity index (χ1v) is 5.90. The number of thioether (sulfide) groups is 1. The summed E-state index contributed by atoms with van der Waals surface area (Å²) in [6.07, 6.45) is 3.26. The summed E-state index contributed by atoms with van der Waals surface area (Å²) in [5.74, 6) is 1.81. The maximum atomic E-state index is 8.30. The number of benzene rings is 1. The van der Waals surface area contributed by atoms with Gasteiger partial charge in [-0.1, -0.05) is 0 Å². The second kappa shape index (κ2) is 7.14. The van der Waals surface area contributed by atoms with Gasteiger partial charge in [0.25, 0.3) is 0 Å². The Hall–Kier alpha value is -1.20. The Balaban J connectivity index is 2.45. The van der Waals surface area contributed by atoms with Crippen LogP contribution in [0.2, 0.25) is 0 Å². The molecule has 0 aliphatic rings. The van der Waals surface area contributed by atoms with Gasteiger partial charge in [0.2, 0.25) is 0 Å². The van der Waals surface area contributed by atoms with E-state index in [1.165, 1.54) is 6.34 Å². The Morgan fingerprint density at radius 1 is 1.47 bits per heavy atom. The monoisotopic (exact) mass is 226 g/mol. The first-order chi connectivity index (χ1) is 7.36. The lowest BCUT2D eigenvalue weighted by atomic mass is 10.3. The van der Waals surface area contributed by atoms with Gasteiger partial charge < -0.3 is 4.74 Å². The predicted octanol–water partition coefficient (Wildman–Crippen LogP) is 2.07. The van der Waals surface area contributed by atoms with Crippen LogP contribution in [0.3, 0.4) is 0 Å². The maximum absolute atomic E-state index is 8.30. The molecule has 0 aliphatic carbocycles. The molecule has 2 N–H and O–H groups in total. The van der Waals surface area contributed by atoms with Gasteiger partial charge in [-0.25, -0.2) is 4.99 Å². The van der Waals surface area contributed by atoms with Crippen LogP contribution in [0.1, 0.15) is 0 Å². The molecule has 1 aromatic carbocycles. The van der Waals surface area contributed by atoms with Gasteiger partial charge in [-0.3, -0.25) is 10.7 Å². The molecule has 0 atom stereocenters. The predicted molar refractivity (Wildman–Crippen MR) is 63.4 cm³/mol. The molecule has 1 aromatic rings. The molecule has 82 valence electrons. The van der Waals surface area contributed by atoms with Crippen molar-refractivity contribution in [2.75, 3.05) is 18.6 Å². The smallest absolute Gasteiger partial charge is 0.119 e. The average molecular weight is 226 g/mol. The molecular weight excluding hydrogens is 212 g/mol. The van der Waals surface area contributed by atoms with Crippen LogP contribution in [-0.2, 0) is 0 Å². The molecule has 0 heterocycles. The Bertz CT molecular complexity index is 301. The van der Waals surface area contributed by atoms with Crippen LogP contribution in [0, 0.1) is 0 Å². The fourth-order valence-electron chi connectivity index (χ4n) is 0.975. The van der Waals surface area contributed by atoms with Crippen molar-refractivity contribution in [2.45, 2.75) is 0 Å². The van der Waals surface area contributed by atoms with Crippen LogP contribution in [0.15, 0.2) is 29.3 Å². The van der Waals surface area contributed by atoms with E-state index < -0.39 is 0 Å². The van der Waals surface area contributed by atoms with Crippen LogP contribution in [0.25, 0.3) is 0 Å². The third kappa shape index (κ3) is 4.71. The number of rotatable bonds is 6. The van der Waals surface area contributed by atoms with Gasteiger partial charge in [-0.05, 0) is 30.5 Å². The summed E-state index contributed by atoms with van der Waals surface area (Å²) < 4.78 is 5.47. The zero-order valence-electron chi connectivity index (χ0n) is 8.51. The molecular formula is C10H14N2O2S. The molecule has 0 aromatic heterocycles.